The minimum atomic E-state index is 0.178. The quantitative estimate of drug-likeness (QED) is 0.891. The third-order valence-electron chi connectivity index (χ3n) is 4.47. The fraction of sp³-hybridized carbons (Fsp3) is 0.476. The SMILES string of the molecule is CC(C)Oc1ccc(-c2cccc(N3CCNCC3)n2)cc1C(C)C. The van der Waals surface area contributed by atoms with Gasteiger partial charge in [-0.25, -0.2) is 4.98 Å². The van der Waals surface area contributed by atoms with Gasteiger partial charge in [-0.05, 0) is 55.7 Å². The lowest BCUT2D eigenvalue weighted by Crippen LogP contribution is -2.43. The van der Waals surface area contributed by atoms with Gasteiger partial charge in [-0.2, -0.15) is 0 Å². The van der Waals surface area contributed by atoms with Crippen molar-refractivity contribution < 1.29 is 4.74 Å². The van der Waals surface area contributed by atoms with Gasteiger partial charge in [-0.3, -0.25) is 0 Å². The highest BCUT2D eigenvalue weighted by Crippen LogP contribution is 2.32. The first kappa shape index (κ1) is 17.7. The Bertz CT molecular complexity index is 706. The zero-order valence-corrected chi connectivity index (χ0v) is 15.7. The van der Waals surface area contributed by atoms with Crippen LogP contribution in [0.5, 0.6) is 5.75 Å². The van der Waals surface area contributed by atoms with E-state index in [1.807, 2.05) is 0 Å². The molecule has 1 aromatic carbocycles. The van der Waals surface area contributed by atoms with Crippen LogP contribution in [0.15, 0.2) is 36.4 Å². The first-order valence-corrected chi connectivity index (χ1v) is 9.28. The highest BCUT2D eigenvalue weighted by molar-refractivity contribution is 5.64. The topological polar surface area (TPSA) is 37.4 Å². The molecule has 0 amide bonds. The Hall–Kier alpha value is -2.07. The minimum absolute atomic E-state index is 0.178. The van der Waals surface area contributed by atoms with Gasteiger partial charge in [0, 0.05) is 31.7 Å². The molecule has 1 aliphatic rings. The average Bonchev–Trinajstić information content (AvgIpc) is 2.62. The number of anilines is 1. The molecule has 0 atom stereocenters. The smallest absolute Gasteiger partial charge is 0.129 e. The number of hydrogen-bond acceptors (Lipinski definition) is 4. The van der Waals surface area contributed by atoms with Gasteiger partial charge in [0.25, 0.3) is 0 Å². The van der Waals surface area contributed by atoms with E-state index in [0.717, 1.165) is 49.0 Å². The standard InChI is InChI=1S/C21H29N3O/c1-15(2)18-14-17(8-9-20(18)25-16(3)4)19-6-5-7-21(23-19)24-12-10-22-11-13-24/h5-9,14-16,22H,10-13H2,1-4H3. The second kappa shape index (κ2) is 7.87. The van der Waals surface area contributed by atoms with Crippen LogP contribution < -0.4 is 15.0 Å². The number of ether oxygens (including phenoxy) is 1. The molecule has 0 unspecified atom stereocenters. The van der Waals surface area contributed by atoms with Crippen molar-refractivity contribution in [2.24, 2.45) is 0 Å². The molecule has 1 saturated heterocycles. The molecule has 4 nitrogen and oxygen atoms in total. The summed E-state index contributed by atoms with van der Waals surface area (Å²) in [6.45, 7) is 12.6. The van der Waals surface area contributed by atoms with E-state index in [2.05, 4.69) is 74.3 Å². The molecule has 1 N–H and O–H groups in total. The Labute approximate surface area is 151 Å². The normalized spacial score (nSPS) is 15.0. The van der Waals surface area contributed by atoms with Crippen molar-refractivity contribution in [3.8, 4) is 17.0 Å². The van der Waals surface area contributed by atoms with E-state index >= 15 is 0 Å². The molecule has 25 heavy (non-hydrogen) atoms. The first-order chi connectivity index (χ1) is 12.0. The van der Waals surface area contributed by atoms with Crippen molar-refractivity contribution in [3.05, 3.63) is 42.0 Å². The number of hydrogen-bond donors (Lipinski definition) is 1. The van der Waals surface area contributed by atoms with Gasteiger partial charge in [0.15, 0.2) is 0 Å². The lowest BCUT2D eigenvalue weighted by Gasteiger charge is -2.28. The summed E-state index contributed by atoms with van der Waals surface area (Å²) < 4.78 is 5.98. The van der Waals surface area contributed by atoms with E-state index in [1.165, 1.54) is 5.56 Å². The molecule has 1 fully saturated rings. The van der Waals surface area contributed by atoms with Crippen LogP contribution in [0.1, 0.15) is 39.2 Å². The summed E-state index contributed by atoms with van der Waals surface area (Å²) >= 11 is 0. The van der Waals surface area contributed by atoms with Gasteiger partial charge in [0.1, 0.15) is 11.6 Å². The van der Waals surface area contributed by atoms with Gasteiger partial charge in [0.2, 0.25) is 0 Å². The van der Waals surface area contributed by atoms with Crippen molar-refractivity contribution in [2.75, 3.05) is 31.1 Å². The van der Waals surface area contributed by atoms with Gasteiger partial charge in [0.05, 0.1) is 11.8 Å². The molecule has 2 heterocycles. The first-order valence-electron chi connectivity index (χ1n) is 9.28. The summed E-state index contributed by atoms with van der Waals surface area (Å²) in [6.07, 6.45) is 0.178. The van der Waals surface area contributed by atoms with Crippen LogP contribution in [-0.2, 0) is 0 Å². The van der Waals surface area contributed by atoms with Crippen molar-refractivity contribution >= 4 is 5.82 Å². The molecule has 0 radical (unpaired) electrons. The molecule has 0 bridgehead atoms. The lowest BCUT2D eigenvalue weighted by molar-refractivity contribution is 0.239. The Morgan fingerprint density at radius 1 is 1.04 bits per heavy atom. The van der Waals surface area contributed by atoms with E-state index in [9.17, 15) is 0 Å². The molecular formula is C21H29N3O. The monoisotopic (exact) mass is 339 g/mol. The zero-order chi connectivity index (χ0) is 17.8. The molecule has 0 saturated carbocycles. The van der Waals surface area contributed by atoms with Crippen LogP contribution in [0.2, 0.25) is 0 Å². The van der Waals surface area contributed by atoms with Gasteiger partial charge < -0.3 is 15.0 Å². The van der Waals surface area contributed by atoms with Crippen LogP contribution in [0.3, 0.4) is 0 Å². The summed E-state index contributed by atoms with van der Waals surface area (Å²) in [7, 11) is 0. The van der Waals surface area contributed by atoms with E-state index in [-0.39, 0.29) is 6.10 Å². The average molecular weight is 339 g/mol. The predicted molar refractivity (Wildman–Crippen MR) is 105 cm³/mol. The minimum Gasteiger partial charge on any atom is -0.491 e. The lowest BCUT2D eigenvalue weighted by atomic mass is 9.98. The van der Waals surface area contributed by atoms with Crippen molar-refractivity contribution in [1.82, 2.24) is 10.3 Å². The number of rotatable bonds is 5. The summed E-state index contributed by atoms with van der Waals surface area (Å²) in [5.41, 5.74) is 3.41. The number of nitrogens with zero attached hydrogens (tertiary/aromatic N) is 2. The van der Waals surface area contributed by atoms with E-state index in [1.54, 1.807) is 0 Å². The molecule has 2 aromatic rings. The van der Waals surface area contributed by atoms with Crippen LogP contribution in [-0.4, -0.2) is 37.3 Å². The fourth-order valence-electron chi connectivity index (χ4n) is 3.17. The molecular weight excluding hydrogens is 310 g/mol. The Morgan fingerprint density at radius 2 is 1.80 bits per heavy atom. The summed E-state index contributed by atoms with van der Waals surface area (Å²) in [5.74, 6) is 2.45. The van der Waals surface area contributed by atoms with Crippen LogP contribution in [0.25, 0.3) is 11.3 Å². The largest absolute Gasteiger partial charge is 0.491 e. The molecule has 0 spiro atoms. The number of pyridine rings is 1. The zero-order valence-electron chi connectivity index (χ0n) is 15.7. The highest BCUT2D eigenvalue weighted by Gasteiger charge is 2.14. The maximum absolute atomic E-state index is 5.98. The summed E-state index contributed by atoms with van der Waals surface area (Å²) in [6, 6.07) is 12.7. The van der Waals surface area contributed by atoms with Crippen LogP contribution >= 0.6 is 0 Å². The Kier molecular flexibility index (Phi) is 5.59. The third kappa shape index (κ3) is 4.31. The molecule has 0 aliphatic carbocycles. The molecule has 134 valence electrons. The van der Waals surface area contributed by atoms with Crippen molar-refractivity contribution in [2.45, 2.75) is 39.7 Å². The van der Waals surface area contributed by atoms with Crippen LogP contribution in [0, 0.1) is 0 Å². The van der Waals surface area contributed by atoms with Crippen LogP contribution in [0.4, 0.5) is 5.82 Å². The summed E-state index contributed by atoms with van der Waals surface area (Å²) in [5, 5.41) is 3.39. The highest BCUT2D eigenvalue weighted by atomic mass is 16.5. The number of benzene rings is 1. The summed E-state index contributed by atoms with van der Waals surface area (Å²) in [4.78, 5) is 7.26. The molecule has 4 heteroatoms. The van der Waals surface area contributed by atoms with E-state index in [4.69, 9.17) is 9.72 Å². The molecule has 1 aliphatic heterocycles. The molecule has 3 rings (SSSR count). The number of nitrogens with one attached hydrogen (secondary N) is 1. The maximum Gasteiger partial charge on any atom is 0.129 e. The van der Waals surface area contributed by atoms with Crippen molar-refractivity contribution in [3.63, 3.8) is 0 Å². The molecule has 1 aromatic heterocycles. The van der Waals surface area contributed by atoms with E-state index in [0.29, 0.717) is 5.92 Å². The second-order valence-electron chi connectivity index (χ2n) is 7.19. The van der Waals surface area contributed by atoms with Gasteiger partial charge in [-0.1, -0.05) is 19.9 Å². The predicted octanol–water partition coefficient (Wildman–Crippen LogP) is 4.07. The Balaban J connectivity index is 1.92. The third-order valence-corrected chi connectivity index (χ3v) is 4.47. The number of piperazine rings is 1. The van der Waals surface area contributed by atoms with Gasteiger partial charge in [-0.15, -0.1) is 0 Å². The van der Waals surface area contributed by atoms with E-state index < -0.39 is 0 Å². The fourth-order valence-corrected chi connectivity index (χ4v) is 3.17. The second-order valence-corrected chi connectivity index (χ2v) is 7.19. The maximum atomic E-state index is 5.98. The van der Waals surface area contributed by atoms with Crippen molar-refractivity contribution in [1.29, 1.82) is 0 Å². The Morgan fingerprint density at radius 3 is 2.48 bits per heavy atom. The van der Waals surface area contributed by atoms with Gasteiger partial charge >= 0.3 is 0 Å². The number of aromatic nitrogens is 1.